The number of hydrogen-bond acceptors (Lipinski definition) is 5. The Morgan fingerprint density at radius 3 is 2.65 bits per heavy atom. The Morgan fingerprint density at radius 2 is 2.10 bits per heavy atom. The summed E-state index contributed by atoms with van der Waals surface area (Å²) in [6.45, 7) is 4.72. The lowest BCUT2D eigenvalue weighted by Crippen LogP contribution is -2.36. The van der Waals surface area contributed by atoms with E-state index in [1.54, 1.807) is 19.1 Å². The largest absolute Gasteiger partial charge is 0.495 e. The van der Waals surface area contributed by atoms with Crippen molar-refractivity contribution in [1.82, 2.24) is 4.72 Å². The Balaban J connectivity index is 3.01. The Morgan fingerprint density at radius 1 is 1.40 bits per heavy atom. The number of methoxy groups -OCH3 is 1. The van der Waals surface area contributed by atoms with E-state index in [-0.39, 0.29) is 17.5 Å². The Kier molecular flexibility index (Phi) is 6.41. The van der Waals surface area contributed by atoms with Crippen LogP contribution in [0.5, 0.6) is 5.75 Å². The van der Waals surface area contributed by atoms with Gasteiger partial charge in [0.25, 0.3) is 0 Å². The molecule has 0 aromatic heterocycles. The van der Waals surface area contributed by atoms with Crippen LogP contribution in [0.25, 0.3) is 0 Å². The predicted octanol–water partition coefficient (Wildman–Crippen LogP) is 0.857. The third-order valence-corrected chi connectivity index (χ3v) is 4.29. The van der Waals surface area contributed by atoms with Gasteiger partial charge in [-0.1, -0.05) is 6.07 Å². The number of hydrogen-bond donors (Lipinski definition) is 2. The predicted molar refractivity (Wildman–Crippen MR) is 77.2 cm³/mol. The highest BCUT2D eigenvalue weighted by molar-refractivity contribution is 7.89. The summed E-state index contributed by atoms with van der Waals surface area (Å²) in [7, 11) is -2.25. The molecule has 114 valence electrons. The number of rotatable bonds is 8. The van der Waals surface area contributed by atoms with Crippen LogP contribution < -0.4 is 15.2 Å². The van der Waals surface area contributed by atoms with E-state index in [4.69, 9.17) is 15.2 Å². The topological polar surface area (TPSA) is 90.7 Å². The van der Waals surface area contributed by atoms with E-state index in [9.17, 15) is 8.42 Å². The highest BCUT2D eigenvalue weighted by Gasteiger charge is 2.22. The van der Waals surface area contributed by atoms with Gasteiger partial charge in [0.15, 0.2) is 0 Å². The van der Waals surface area contributed by atoms with Crippen molar-refractivity contribution in [3.05, 3.63) is 23.8 Å². The van der Waals surface area contributed by atoms with Crippen molar-refractivity contribution < 1.29 is 17.9 Å². The molecule has 1 aromatic carbocycles. The van der Waals surface area contributed by atoms with Crippen molar-refractivity contribution in [3.8, 4) is 5.75 Å². The van der Waals surface area contributed by atoms with Gasteiger partial charge in [-0.15, -0.1) is 0 Å². The second kappa shape index (κ2) is 7.58. The van der Waals surface area contributed by atoms with Crippen LogP contribution in [-0.4, -0.2) is 34.8 Å². The SMILES string of the molecule is CCOCC(C)NS(=O)(=O)c1cc(CN)ccc1OC. The molecule has 1 rings (SSSR count). The van der Waals surface area contributed by atoms with Crippen LogP contribution in [-0.2, 0) is 21.3 Å². The fraction of sp³-hybridized carbons (Fsp3) is 0.538. The minimum atomic E-state index is -3.68. The lowest BCUT2D eigenvalue weighted by Gasteiger charge is -2.16. The summed E-state index contributed by atoms with van der Waals surface area (Å²) in [5, 5.41) is 0. The lowest BCUT2D eigenvalue weighted by molar-refractivity contribution is 0.133. The standard InChI is InChI=1S/C13H22N2O4S/c1-4-19-9-10(2)15-20(16,17)13-7-11(8-14)5-6-12(13)18-3/h5-7,10,15H,4,8-9,14H2,1-3H3. The maximum atomic E-state index is 12.4. The van der Waals surface area contributed by atoms with Crippen LogP contribution in [0.4, 0.5) is 0 Å². The van der Waals surface area contributed by atoms with Crippen LogP contribution in [0.2, 0.25) is 0 Å². The highest BCUT2D eigenvalue weighted by Crippen LogP contribution is 2.24. The Bertz CT molecular complexity index is 531. The van der Waals surface area contributed by atoms with Crippen LogP contribution >= 0.6 is 0 Å². The first kappa shape index (κ1) is 16.9. The van der Waals surface area contributed by atoms with Crippen molar-refractivity contribution in [2.45, 2.75) is 31.3 Å². The smallest absolute Gasteiger partial charge is 0.244 e. The van der Waals surface area contributed by atoms with Gasteiger partial charge < -0.3 is 15.2 Å². The van der Waals surface area contributed by atoms with Crippen LogP contribution in [0, 0.1) is 0 Å². The molecule has 1 atom stereocenters. The fourth-order valence-corrected chi connectivity index (χ4v) is 3.16. The van der Waals surface area contributed by atoms with Crippen LogP contribution in [0.3, 0.4) is 0 Å². The maximum Gasteiger partial charge on any atom is 0.244 e. The summed E-state index contributed by atoms with van der Waals surface area (Å²) < 4.78 is 37.6. The zero-order valence-corrected chi connectivity index (χ0v) is 12.9. The molecule has 0 aliphatic rings. The molecular formula is C13H22N2O4S. The molecule has 3 N–H and O–H groups in total. The first-order valence-electron chi connectivity index (χ1n) is 6.41. The molecule has 1 unspecified atom stereocenters. The first-order valence-corrected chi connectivity index (χ1v) is 7.90. The maximum absolute atomic E-state index is 12.4. The van der Waals surface area contributed by atoms with Crippen molar-refractivity contribution >= 4 is 10.0 Å². The van der Waals surface area contributed by atoms with E-state index in [1.165, 1.54) is 13.2 Å². The molecule has 1 aromatic rings. The summed E-state index contributed by atoms with van der Waals surface area (Å²) >= 11 is 0. The number of nitrogens with one attached hydrogen (secondary N) is 1. The number of ether oxygens (including phenoxy) is 2. The van der Waals surface area contributed by atoms with E-state index in [1.807, 2.05) is 6.92 Å². The molecule has 0 radical (unpaired) electrons. The molecule has 0 aliphatic carbocycles. The minimum absolute atomic E-state index is 0.0892. The molecule has 0 saturated heterocycles. The van der Waals surface area contributed by atoms with Gasteiger partial charge in [-0.25, -0.2) is 13.1 Å². The molecule has 0 heterocycles. The third kappa shape index (κ3) is 4.45. The van der Waals surface area contributed by atoms with Crippen LogP contribution in [0.15, 0.2) is 23.1 Å². The van der Waals surface area contributed by atoms with Crippen molar-refractivity contribution in [3.63, 3.8) is 0 Å². The number of benzene rings is 1. The van der Waals surface area contributed by atoms with Gasteiger partial charge in [-0.2, -0.15) is 0 Å². The number of nitrogens with two attached hydrogens (primary N) is 1. The molecule has 0 amide bonds. The average Bonchev–Trinajstić information content (AvgIpc) is 2.43. The van der Waals surface area contributed by atoms with E-state index in [0.717, 1.165) is 5.56 Å². The first-order chi connectivity index (χ1) is 9.44. The van der Waals surface area contributed by atoms with Gasteiger partial charge in [-0.05, 0) is 31.5 Å². The fourth-order valence-electron chi connectivity index (χ4n) is 1.72. The van der Waals surface area contributed by atoms with Crippen LogP contribution in [0.1, 0.15) is 19.4 Å². The molecule has 20 heavy (non-hydrogen) atoms. The molecule has 7 heteroatoms. The van der Waals surface area contributed by atoms with Gasteiger partial charge in [0.05, 0.1) is 13.7 Å². The zero-order valence-electron chi connectivity index (χ0n) is 12.0. The molecule has 0 bridgehead atoms. The monoisotopic (exact) mass is 302 g/mol. The van der Waals surface area contributed by atoms with Gasteiger partial charge in [0, 0.05) is 19.2 Å². The van der Waals surface area contributed by atoms with Gasteiger partial charge in [0.2, 0.25) is 10.0 Å². The van der Waals surface area contributed by atoms with Gasteiger partial charge >= 0.3 is 0 Å². The number of sulfonamides is 1. The molecular weight excluding hydrogens is 280 g/mol. The highest BCUT2D eigenvalue weighted by atomic mass is 32.2. The Hall–Kier alpha value is -1.15. The minimum Gasteiger partial charge on any atom is -0.495 e. The third-order valence-electron chi connectivity index (χ3n) is 2.68. The summed E-state index contributed by atoms with van der Waals surface area (Å²) in [5.41, 5.74) is 6.27. The molecule has 0 fully saturated rings. The molecule has 0 spiro atoms. The van der Waals surface area contributed by atoms with E-state index in [2.05, 4.69) is 4.72 Å². The van der Waals surface area contributed by atoms with Crippen molar-refractivity contribution in [2.75, 3.05) is 20.3 Å². The van der Waals surface area contributed by atoms with E-state index >= 15 is 0 Å². The average molecular weight is 302 g/mol. The summed E-state index contributed by atoms with van der Waals surface area (Å²) in [5.74, 6) is 0.290. The summed E-state index contributed by atoms with van der Waals surface area (Å²) in [4.78, 5) is 0.0892. The second-order valence-electron chi connectivity index (χ2n) is 4.37. The lowest BCUT2D eigenvalue weighted by atomic mass is 10.2. The van der Waals surface area contributed by atoms with Gasteiger partial charge in [-0.3, -0.25) is 0 Å². The van der Waals surface area contributed by atoms with Crippen molar-refractivity contribution in [1.29, 1.82) is 0 Å². The van der Waals surface area contributed by atoms with E-state index in [0.29, 0.717) is 19.0 Å². The van der Waals surface area contributed by atoms with Gasteiger partial charge in [0.1, 0.15) is 10.6 Å². The molecule has 6 nitrogen and oxygen atoms in total. The summed E-state index contributed by atoms with van der Waals surface area (Å²) in [6.07, 6.45) is 0. The molecule has 0 saturated carbocycles. The Labute approximate surface area is 120 Å². The van der Waals surface area contributed by atoms with Crippen molar-refractivity contribution in [2.24, 2.45) is 5.73 Å². The quantitative estimate of drug-likeness (QED) is 0.743. The van der Waals surface area contributed by atoms with E-state index < -0.39 is 10.0 Å². The summed E-state index contributed by atoms with van der Waals surface area (Å²) in [6, 6.07) is 4.53. The zero-order chi connectivity index (χ0) is 15.2. The normalized spacial score (nSPS) is 13.2. The second-order valence-corrected chi connectivity index (χ2v) is 6.05. The molecule has 0 aliphatic heterocycles.